The third-order valence-corrected chi connectivity index (χ3v) is 4.29. The second kappa shape index (κ2) is 5.30. The van der Waals surface area contributed by atoms with E-state index in [1.807, 2.05) is 12.1 Å². The summed E-state index contributed by atoms with van der Waals surface area (Å²) >= 11 is 0. The lowest BCUT2D eigenvalue weighted by Crippen LogP contribution is -2.22. The van der Waals surface area contributed by atoms with Crippen LogP contribution in [0.25, 0.3) is 0 Å². The lowest BCUT2D eigenvalue weighted by molar-refractivity contribution is 0.102. The van der Waals surface area contributed by atoms with Gasteiger partial charge < -0.3 is 11.1 Å². The zero-order valence-electron chi connectivity index (χ0n) is 12.0. The number of pyridine rings is 1. The van der Waals surface area contributed by atoms with Crippen LogP contribution >= 0.6 is 0 Å². The molecule has 3 rings (SSSR count). The molecule has 0 unspecified atom stereocenters. The van der Waals surface area contributed by atoms with Gasteiger partial charge in [-0.2, -0.15) is 0 Å². The van der Waals surface area contributed by atoms with Crippen LogP contribution in [-0.4, -0.2) is 16.4 Å². The van der Waals surface area contributed by atoms with Gasteiger partial charge >= 0.3 is 0 Å². The van der Waals surface area contributed by atoms with Gasteiger partial charge in [0.15, 0.2) is 0 Å². The van der Waals surface area contributed by atoms with Gasteiger partial charge in [0.25, 0.3) is 5.91 Å². The number of aromatic nitrogens is 1. The molecule has 1 fully saturated rings. The second-order valence-corrected chi connectivity index (χ2v) is 5.66. The number of benzene rings is 1. The molecule has 1 heterocycles. The monoisotopic (exact) mass is 281 g/mol. The fourth-order valence-corrected chi connectivity index (χ4v) is 2.67. The zero-order chi connectivity index (χ0) is 14.9. The minimum absolute atomic E-state index is 0.0260. The van der Waals surface area contributed by atoms with Crippen molar-refractivity contribution in [2.75, 3.05) is 5.32 Å². The van der Waals surface area contributed by atoms with Crippen molar-refractivity contribution in [1.82, 2.24) is 4.98 Å². The van der Waals surface area contributed by atoms with Crippen LogP contribution in [0.15, 0.2) is 48.8 Å². The van der Waals surface area contributed by atoms with E-state index in [1.165, 1.54) is 5.56 Å². The van der Waals surface area contributed by atoms with Gasteiger partial charge in [-0.1, -0.05) is 19.1 Å². The summed E-state index contributed by atoms with van der Waals surface area (Å²) < 4.78 is 0. The number of carbonyl (C=O) groups is 1. The van der Waals surface area contributed by atoms with Crippen molar-refractivity contribution in [2.45, 2.75) is 31.2 Å². The van der Waals surface area contributed by atoms with Gasteiger partial charge in [-0.05, 0) is 42.7 Å². The maximum atomic E-state index is 12.0. The summed E-state index contributed by atoms with van der Waals surface area (Å²) in [5.74, 6) is 0.325. The Morgan fingerprint density at radius 1 is 1.29 bits per heavy atom. The lowest BCUT2D eigenvalue weighted by Gasteiger charge is -2.09. The van der Waals surface area contributed by atoms with Crippen LogP contribution in [-0.2, 0) is 0 Å². The summed E-state index contributed by atoms with van der Waals surface area (Å²) in [6.45, 7) is 2.13. The molecular formula is C17H19N3O. The quantitative estimate of drug-likeness (QED) is 0.905. The third kappa shape index (κ3) is 2.81. The second-order valence-electron chi connectivity index (χ2n) is 5.66. The lowest BCUT2D eigenvalue weighted by atomic mass is 10.0. The molecule has 3 N–H and O–H groups in total. The Labute approximate surface area is 124 Å². The molecule has 1 aromatic heterocycles. The molecule has 0 saturated heterocycles. The number of hydrogen-bond donors (Lipinski definition) is 2. The SMILES string of the molecule is CC[C@@]1(N)C[C@H]1c1ccc(NC(=O)c2ccncc2)cc1. The Morgan fingerprint density at radius 3 is 2.52 bits per heavy atom. The molecule has 0 bridgehead atoms. The summed E-state index contributed by atoms with van der Waals surface area (Å²) in [6.07, 6.45) is 5.26. The van der Waals surface area contributed by atoms with Gasteiger partial charge in [-0.15, -0.1) is 0 Å². The molecule has 0 radical (unpaired) electrons. The van der Waals surface area contributed by atoms with Gasteiger partial charge in [0, 0.05) is 35.1 Å². The van der Waals surface area contributed by atoms with Crippen molar-refractivity contribution < 1.29 is 4.79 Å². The van der Waals surface area contributed by atoms with Crippen molar-refractivity contribution >= 4 is 11.6 Å². The number of carbonyl (C=O) groups excluding carboxylic acids is 1. The van der Waals surface area contributed by atoms with E-state index in [2.05, 4.69) is 29.4 Å². The maximum absolute atomic E-state index is 12.0. The molecule has 21 heavy (non-hydrogen) atoms. The van der Waals surface area contributed by atoms with E-state index >= 15 is 0 Å². The Morgan fingerprint density at radius 2 is 1.95 bits per heavy atom. The van der Waals surface area contributed by atoms with Crippen LogP contribution < -0.4 is 11.1 Å². The summed E-state index contributed by atoms with van der Waals surface area (Å²) in [4.78, 5) is 15.9. The number of nitrogens with one attached hydrogen (secondary N) is 1. The molecule has 0 aliphatic heterocycles. The Balaban J connectivity index is 1.67. The Hall–Kier alpha value is -2.20. The molecule has 1 amide bonds. The molecule has 1 aliphatic carbocycles. The molecule has 0 spiro atoms. The van der Waals surface area contributed by atoms with Crippen LogP contribution in [0.5, 0.6) is 0 Å². The number of nitrogens with zero attached hydrogens (tertiary/aromatic N) is 1. The molecular weight excluding hydrogens is 262 g/mol. The molecule has 1 saturated carbocycles. The largest absolute Gasteiger partial charge is 0.325 e. The predicted molar refractivity (Wildman–Crippen MR) is 83.2 cm³/mol. The summed E-state index contributed by atoms with van der Waals surface area (Å²) in [5.41, 5.74) is 8.86. The van der Waals surface area contributed by atoms with Gasteiger partial charge in [0.2, 0.25) is 0 Å². The van der Waals surface area contributed by atoms with E-state index in [1.54, 1.807) is 24.5 Å². The van der Waals surface area contributed by atoms with Crippen molar-refractivity contribution in [3.63, 3.8) is 0 Å². The molecule has 4 nitrogen and oxygen atoms in total. The van der Waals surface area contributed by atoms with E-state index in [9.17, 15) is 4.79 Å². The average Bonchev–Trinajstić information content (AvgIpc) is 3.21. The maximum Gasteiger partial charge on any atom is 0.255 e. The highest BCUT2D eigenvalue weighted by Gasteiger charge is 2.49. The molecule has 1 aromatic carbocycles. The summed E-state index contributed by atoms with van der Waals surface area (Å²) in [7, 11) is 0. The van der Waals surface area contributed by atoms with E-state index < -0.39 is 0 Å². The van der Waals surface area contributed by atoms with Crippen molar-refractivity contribution in [3.8, 4) is 0 Å². The highest BCUT2D eigenvalue weighted by Crippen LogP contribution is 2.51. The van der Waals surface area contributed by atoms with Crippen LogP contribution in [0.2, 0.25) is 0 Å². The number of rotatable bonds is 4. The van der Waals surface area contributed by atoms with Crippen LogP contribution in [0.1, 0.15) is 41.6 Å². The topological polar surface area (TPSA) is 68.0 Å². The number of amides is 1. The number of nitrogens with two attached hydrogens (primary N) is 1. The molecule has 108 valence electrons. The average molecular weight is 281 g/mol. The zero-order valence-corrected chi connectivity index (χ0v) is 12.0. The van der Waals surface area contributed by atoms with Crippen LogP contribution in [0, 0.1) is 0 Å². The van der Waals surface area contributed by atoms with Crippen LogP contribution in [0.4, 0.5) is 5.69 Å². The van der Waals surface area contributed by atoms with Crippen molar-refractivity contribution in [2.24, 2.45) is 5.73 Å². The van der Waals surface area contributed by atoms with Crippen molar-refractivity contribution in [3.05, 3.63) is 59.9 Å². The summed E-state index contributed by atoms with van der Waals surface area (Å²) in [5, 5.41) is 2.88. The molecule has 2 atom stereocenters. The predicted octanol–water partition coefficient (Wildman–Crippen LogP) is 2.93. The summed E-state index contributed by atoms with van der Waals surface area (Å²) in [6, 6.07) is 11.4. The first-order valence-corrected chi connectivity index (χ1v) is 7.22. The first-order chi connectivity index (χ1) is 10.1. The highest BCUT2D eigenvalue weighted by atomic mass is 16.1. The molecule has 4 heteroatoms. The fraction of sp³-hybridized carbons (Fsp3) is 0.294. The first-order valence-electron chi connectivity index (χ1n) is 7.22. The van der Waals surface area contributed by atoms with E-state index in [0.29, 0.717) is 11.5 Å². The van der Waals surface area contributed by atoms with Crippen LogP contribution in [0.3, 0.4) is 0 Å². The Kier molecular flexibility index (Phi) is 3.47. The smallest absolute Gasteiger partial charge is 0.255 e. The number of hydrogen-bond acceptors (Lipinski definition) is 3. The third-order valence-electron chi connectivity index (χ3n) is 4.29. The molecule has 1 aliphatic rings. The van der Waals surface area contributed by atoms with Gasteiger partial charge in [-0.25, -0.2) is 0 Å². The minimum Gasteiger partial charge on any atom is -0.325 e. The van der Waals surface area contributed by atoms with E-state index in [-0.39, 0.29) is 11.4 Å². The van der Waals surface area contributed by atoms with E-state index in [4.69, 9.17) is 5.73 Å². The number of anilines is 1. The highest BCUT2D eigenvalue weighted by molar-refractivity contribution is 6.04. The molecule has 2 aromatic rings. The van der Waals surface area contributed by atoms with Gasteiger partial charge in [0.1, 0.15) is 0 Å². The van der Waals surface area contributed by atoms with Crippen molar-refractivity contribution in [1.29, 1.82) is 0 Å². The standard InChI is InChI=1S/C17H19N3O/c1-2-17(18)11-15(17)12-3-5-14(6-4-12)20-16(21)13-7-9-19-10-8-13/h3-10,15H,2,11,18H2,1H3,(H,20,21)/t15-,17+/m0/s1. The first kappa shape index (κ1) is 13.8. The Bertz CT molecular complexity index is 639. The minimum atomic E-state index is -0.127. The normalized spacial score (nSPS) is 23.6. The van der Waals surface area contributed by atoms with Gasteiger partial charge in [-0.3, -0.25) is 9.78 Å². The van der Waals surface area contributed by atoms with Gasteiger partial charge in [0.05, 0.1) is 0 Å². The fourth-order valence-electron chi connectivity index (χ4n) is 2.67. The van der Waals surface area contributed by atoms with E-state index in [0.717, 1.165) is 18.5 Å².